The van der Waals surface area contributed by atoms with Crippen molar-refractivity contribution < 1.29 is 14.6 Å². The van der Waals surface area contributed by atoms with Crippen LogP contribution in [-0.4, -0.2) is 83.8 Å². The summed E-state index contributed by atoms with van der Waals surface area (Å²) in [5.74, 6) is 1.49. The van der Waals surface area contributed by atoms with Crippen LogP contribution < -0.4 is 10.1 Å². The van der Waals surface area contributed by atoms with E-state index in [1.165, 1.54) is 0 Å². The van der Waals surface area contributed by atoms with Crippen LogP contribution >= 0.6 is 24.8 Å². The minimum Gasteiger partial charge on any atom is -0.493 e. The third-order valence-electron chi connectivity index (χ3n) is 7.26. The van der Waals surface area contributed by atoms with Gasteiger partial charge in [-0.2, -0.15) is 0 Å². The minimum atomic E-state index is -0.110. The largest absolute Gasteiger partial charge is 0.493 e. The molecule has 1 amide bonds. The predicted molar refractivity (Wildman–Crippen MR) is 151 cm³/mol. The molecule has 2 saturated heterocycles. The molecule has 3 N–H and O–H groups in total. The van der Waals surface area contributed by atoms with Crippen LogP contribution in [-0.2, 0) is 0 Å². The minimum absolute atomic E-state index is 0. The van der Waals surface area contributed by atoms with Crippen molar-refractivity contribution in [2.75, 3.05) is 45.9 Å². The molecule has 3 heterocycles. The summed E-state index contributed by atoms with van der Waals surface area (Å²) in [7, 11) is 0. The Labute approximate surface area is 228 Å². The molecule has 0 bridgehead atoms. The monoisotopic (exact) mass is 542 g/mol. The zero-order chi connectivity index (χ0) is 23.9. The maximum absolute atomic E-state index is 12.9. The lowest BCUT2D eigenvalue weighted by Crippen LogP contribution is -2.47. The normalized spacial score (nSPS) is 18.1. The summed E-state index contributed by atoms with van der Waals surface area (Å²) in [6.07, 6.45) is 5.83. The first-order chi connectivity index (χ1) is 16.5. The van der Waals surface area contributed by atoms with Crippen LogP contribution in [0.25, 0.3) is 10.9 Å². The molecule has 7 nitrogen and oxygen atoms in total. The van der Waals surface area contributed by atoms with E-state index < -0.39 is 0 Å². The second kappa shape index (κ2) is 15.0. The lowest BCUT2D eigenvalue weighted by Gasteiger charge is -2.35. The van der Waals surface area contributed by atoms with Gasteiger partial charge in [0.05, 0.1) is 12.7 Å². The fraction of sp³-hybridized carbons (Fsp3) is 0.667. The van der Waals surface area contributed by atoms with Gasteiger partial charge >= 0.3 is 0 Å². The number of ether oxygens (including phenoxy) is 1. The van der Waals surface area contributed by atoms with E-state index in [9.17, 15) is 9.90 Å². The quantitative estimate of drug-likeness (QED) is 0.385. The highest BCUT2D eigenvalue weighted by molar-refractivity contribution is 5.99. The van der Waals surface area contributed by atoms with Gasteiger partial charge in [-0.05, 0) is 62.6 Å². The molecule has 0 aliphatic carbocycles. The lowest BCUT2D eigenvalue weighted by molar-refractivity contribution is 0.0729. The summed E-state index contributed by atoms with van der Waals surface area (Å²) < 4.78 is 6.02. The Hall–Kier alpha value is -1.51. The molecule has 2 aromatic rings. The van der Waals surface area contributed by atoms with Crippen LogP contribution in [0, 0.1) is 5.92 Å². The molecule has 4 rings (SSSR count). The number of carbonyl (C=O) groups excluding carboxylic acids is 1. The average molecular weight is 544 g/mol. The van der Waals surface area contributed by atoms with Crippen LogP contribution in [0.4, 0.5) is 0 Å². The number of rotatable bonds is 10. The number of benzene rings is 1. The number of aliphatic hydroxyl groups is 1. The van der Waals surface area contributed by atoms with Gasteiger partial charge in [-0.15, -0.1) is 24.8 Å². The van der Waals surface area contributed by atoms with Crippen LogP contribution in [0.2, 0.25) is 0 Å². The van der Waals surface area contributed by atoms with Crippen molar-refractivity contribution in [2.24, 2.45) is 5.92 Å². The molecule has 0 saturated carbocycles. The molecule has 1 aromatic carbocycles. The summed E-state index contributed by atoms with van der Waals surface area (Å²) in [6.45, 7) is 11.3. The molecule has 2 fully saturated rings. The van der Waals surface area contributed by atoms with Crippen molar-refractivity contribution in [1.29, 1.82) is 0 Å². The van der Waals surface area contributed by atoms with E-state index in [0.717, 1.165) is 94.4 Å². The van der Waals surface area contributed by atoms with E-state index in [1.54, 1.807) is 0 Å². The molecule has 2 aliphatic heterocycles. The van der Waals surface area contributed by atoms with E-state index in [0.29, 0.717) is 18.2 Å². The summed E-state index contributed by atoms with van der Waals surface area (Å²) in [6, 6.07) is 8.09. The molecule has 0 radical (unpaired) electrons. The standard InChI is InChI=1S/C27H42N4O3.2ClH/c1-20(2)5-4-18-34-26-7-3-6-24-23(26)19-25(29-24)27(33)28-21-8-12-30(13-9-21)16-17-31-14-10-22(32)11-15-31;;/h3,6-7,19-22,29,32H,4-5,8-18H2,1-2H3,(H,28,33);2*1H. The molecule has 0 atom stereocenters. The SMILES string of the molecule is CC(C)CCCOc1cccc2[nH]c(C(=O)NC3CCN(CCN4CCC(O)CC4)CC3)cc12.Cl.Cl. The number of piperidine rings is 2. The number of aliphatic hydroxyl groups excluding tert-OH is 1. The summed E-state index contributed by atoms with van der Waals surface area (Å²) in [5.41, 5.74) is 1.54. The van der Waals surface area contributed by atoms with Crippen LogP contribution in [0.1, 0.15) is 62.9 Å². The highest BCUT2D eigenvalue weighted by Gasteiger charge is 2.23. The van der Waals surface area contributed by atoms with Crippen LogP contribution in [0.5, 0.6) is 5.75 Å². The summed E-state index contributed by atoms with van der Waals surface area (Å²) in [5, 5.41) is 13.9. The van der Waals surface area contributed by atoms with Gasteiger partial charge in [0.15, 0.2) is 0 Å². The van der Waals surface area contributed by atoms with Crippen molar-refractivity contribution in [1.82, 2.24) is 20.1 Å². The molecule has 36 heavy (non-hydrogen) atoms. The van der Waals surface area contributed by atoms with Gasteiger partial charge in [0.1, 0.15) is 11.4 Å². The first-order valence-corrected chi connectivity index (χ1v) is 13.2. The summed E-state index contributed by atoms with van der Waals surface area (Å²) in [4.78, 5) is 21.2. The number of aromatic amines is 1. The molecule has 0 spiro atoms. The van der Waals surface area contributed by atoms with Crippen molar-refractivity contribution in [3.63, 3.8) is 0 Å². The number of carbonyl (C=O) groups is 1. The van der Waals surface area contributed by atoms with E-state index in [2.05, 4.69) is 33.9 Å². The Morgan fingerprint density at radius 3 is 2.36 bits per heavy atom. The second-order valence-electron chi connectivity index (χ2n) is 10.4. The number of aromatic nitrogens is 1. The Morgan fingerprint density at radius 2 is 1.72 bits per heavy atom. The van der Waals surface area contributed by atoms with Gasteiger partial charge in [0.25, 0.3) is 5.91 Å². The molecular formula is C27H44Cl2N4O3. The maximum atomic E-state index is 12.9. The topological polar surface area (TPSA) is 80.8 Å². The molecule has 1 aromatic heterocycles. The van der Waals surface area contributed by atoms with Crippen molar-refractivity contribution in [3.8, 4) is 5.75 Å². The van der Waals surface area contributed by atoms with E-state index in [-0.39, 0.29) is 42.9 Å². The predicted octanol–water partition coefficient (Wildman–Crippen LogP) is 4.48. The zero-order valence-corrected chi connectivity index (χ0v) is 23.3. The van der Waals surface area contributed by atoms with Crippen LogP contribution in [0.3, 0.4) is 0 Å². The maximum Gasteiger partial charge on any atom is 0.267 e. The molecular weight excluding hydrogens is 499 g/mol. The van der Waals surface area contributed by atoms with E-state index in [4.69, 9.17) is 4.74 Å². The fourth-order valence-electron chi connectivity index (χ4n) is 5.04. The average Bonchev–Trinajstić information content (AvgIpc) is 3.28. The number of nitrogens with one attached hydrogen (secondary N) is 2. The highest BCUT2D eigenvalue weighted by Crippen LogP contribution is 2.27. The van der Waals surface area contributed by atoms with E-state index in [1.807, 2.05) is 24.3 Å². The summed E-state index contributed by atoms with van der Waals surface area (Å²) >= 11 is 0. The third kappa shape index (κ3) is 8.80. The molecule has 2 aliphatic rings. The van der Waals surface area contributed by atoms with Gasteiger partial charge in [-0.1, -0.05) is 19.9 Å². The van der Waals surface area contributed by atoms with Gasteiger partial charge < -0.3 is 29.9 Å². The number of nitrogens with zero attached hydrogens (tertiary/aromatic N) is 2. The Morgan fingerprint density at radius 1 is 1.08 bits per heavy atom. The number of H-pyrrole nitrogens is 1. The lowest BCUT2D eigenvalue weighted by atomic mass is 10.0. The number of hydrogen-bond donors (Lipinski definition) is 3. The van der Waals surface area contributed by atoms with Gasteiger partial charge in [-0.25, -0.2) is 0 Å². The number of fused-ring (bicyclic) bond motifs is 1. The first-order valence-electron chi connectivity index (χ1n) is 13.2. The first kappa shape index (κ1) is 30.7. The van der Waals surface area contributed by atoms with Crippen molar-refractivity contribution in [3.05, 3.63) is 30.0 Å². The second-order valence-corrected chi connectivity index (χ2v) is 10.4. The zero-order valence-electron chi connectivity index (χ0n) is 21.7. The molecule has 204 valence electrons. The van der Waals surface area contributed by atoms with Crippen molar-refractivity contribution >= 4 is 41.6 Å². The van der Waals surface area contributed by atoms with Crippen molar-refractivity contribution in [2.45, 2.75) is 64.5 Å². The smallest absolute Gasteiger partial charge is 0.267 e. The Kier molecular flexibility index (Phi) is 12.8. The van der Waals surface area contributed by atoms with E-state index >= 15 is 0 Å². The number of amides is 1. The third-order valence-corrected chi connectivity index (χ3v) is 7.26. The Balaban J connectivity index is 0.00000228. The molecule has 9 heteroatoms. The van der Waals surface area contributed by atoms with Crippen LogP contribution in [0.15, 0.2) is 24.3 Å². The fourth-order valence-corrected chi connectivity index (χ4v) is 5.04. The Bertz CT molecular complexity index is 923. The highest BCUT2D eigenvalue weighted by atomic mass is 35.5. The number of likely N-dealkylation sites (tertiary alicyclic amines) is 2. The number of halogens is 2. The van der Waals surface area contributed by atoms with Gasteiger partial charge in [0, 0.05) is 56.2 Å². The number of hydrogen-bond acceptors (Lipinski definition) is 5. The van der Waals surface area contributed by atoms with Gasteiger partial charge in [0.2, 0.25) is 0 Å². The van der Waals surface area contributed by atoms with Gasteiger partial charge in [-0.3, -0.25) is 4.79 Å². The molecule has 0 unspecified atom stereocenters.